The normalized spacial score (nSPS) is 23.0. The van der Waals surface area contributed by atoms with E-state index in [0.717, 1.165) is 0 Å². The maximum atomic E-state index is 11.2. The van der Waals surface area contributed by atoms with Gasteiger partial charge in [0.15, 0.2) is 0 Å². The van der Waals surface area contributed by atoms with Crippen LogP contribution >= 0.6 is 0 Å². The van der Waals surface area contributed by atoms with Crippen molar-refractivity contribution >= 4 is 5.97 Å². The van der Waals surface area contributed by atoms with E-state index in [-0.39, 0.29) is 18.7 Å². The molecule has 4 heteroatoms. The molecule has 1 aliphatic heterocycles. The molecule has 0 saturated heterocycles. The van der Waals surface area contributed by atoms with Gasteiger partial charge in [0, 0.05) is 0 Å². The predicted molar refractivity (Wildman–Crippen MR) is 43.3 cm³/mol. The van der Waals surface area contributed by atoms with Gasteiger partial charge in [-0.15, -0.1) is 0 Å². The lowest BCUT2D eigenvalue weighted by atomic mass is 10.2. The highest BCUT2D eigenvalue weighted by Gasteiger charge is 2.25. The van der Waals surface area contributed by atoms with Gasteiger partial charge >= 0.3 is 5.97 Å². The second kappa shape index (κ2) is 3.58. The third-order valence-electron chi connectivity index (χ3n) is 1.79. The van der Waals surface area contributed by atoms with Gasteiger partial charge in [-0.05, 0) is 13.8 Å². The molecule has 0 aromatic heterocycles. The molecular weight excluding hydrogens is 158 g/mol. The first kappa shape index (κ1) is 9.06. The van der Waals surface area contributed by atoms with Crippen molar-refractivity contribution in [2.75, 3.05) is 13.2 Å². The molecule has 0 fully saturated rings. The molecule has 0 bridgehead atoms. The Kier molecular flexibility index (Phi) is 2.70. The van der Waals surface area contributed by atoms with Gasteiger partial charge in [-0.2, -0.15) is 0 Å². The van der Waals surface area contributed by atoms with E-state index < -0.39 is 0 Å². The first-order chi connectivity index (χ1) is 5.66. The number of carbonyl (C=O) groups excluding carboxylic acids is 1. The Morgan fingerprint density at radius 3 is 2.92 bits per heavy atom. The van der Waals surface area contributed by atoms with Gasteiger partial charge in [-0.3, -0.25) is 0 Å². The number of hydrogen-bond donors (Lipinski definition) is 1. The fourth-order valence-corrected chi connectivity index (χ4v) is 1.02. The van der Waals surface area contributed by atoms with E-state index in [1.165, 1.54) is 0 Å². The molecule has 1 aliphatic rings. The van der Waals surface area contributed by atoms with Gasteiger partial charge in [0.2, 0.25) is 0 Å². The zero-order chi connectivity index (χ0) is 9.14. The van der Waals surface area contributed by atoms with E-state index >= 15 is 0 Å². The zero-order valence-electron chi connectivity index (χ0n) is 7.29. The maximum absolute atomic E-state index is 11.2. The Morgan fingerprint density at radius 1 is 1.83 bits per heavy atom. The van der Waals surface area contributed by atoms with Crippen LogP contribution < -0.4 is 5.73 Å². The molecule has 0 aromatic rings. The summed E-state index contributed by atoms with van der Waals surface area (Å²) in [5.74, 6) is -0.362. The van der Waals surface area contributed by atoms with Crippen molar-refractivity contribution in [2.45, 2.75) is 20.0 Å². The first-order valence-corrected chi connectivity index (χ1v) is 3.94. The van der Waals surface area contributed by atoms with Gasteiger partial charge < -0.3 is 15.2 Å². The summed E-state index contributed by atoms with van der Waals surface area (Å²) in [6, 6.07) is 0. The van der Waals surface area contributed by atoms with E-state index in [2.05, 4.69) is 0 Å². The van der Waals surface area contributed by atoms with Gasteiger partial charge in [0.05, 0.1) is 30.6 Å². The highest BCUT2D eigenvalue weighted by molar-refractivity contribution is 5.90. The minimum absolute atomic E-state index is 0.163. The van der Waals surface area contributed by atoms with E-state index in [0.29, 0.717) is 17.9 Å². The predicted octanol–water partition coefficient (Wildman–Crippen LogP) is 0.181. The molecule has 0 saturated carbocycles. The molecule has 0 spiro atoms. The van der Waals surface area contributed by atoms with Crippen LogP contribution in [-0.2, 0) is 14.3 Å². The summed E-state index contributed by atoms with van der Waals surface area (Å²) in [6.45, 7) is 4.20. The number of carbonyl (C=O) groups is 1. The van der Waals surface area contributed by atoms with E-state index in [9.17, 15) is 4.79 Å². The molecule has 2 N–H and O–H groups in total. The Hall–Kier alpha value is -1.03. The van der Waals surface area contributed by atoms with Crippen molar-refractivity contribution in [3.8, 4) is 0 Å². The summed E-state index contributed by atoms with van der Waals surface area (Å²) in [6.07, 6.45) is -0.163. The topological polar surface area (TPSA) is 61.5 Å². The Labute approximate surface area is 71.3 Å². The summed E-state index contributed by atoms with van der Waals surface area (Å²) in [4.78, 5) is 11.2. The van der Waals surface area contributed by atoms with Crippen LogP contribution in [0.15, 0.2) is 11.3 Å². The average molecular weight is 171 g/mol. The Balaban J connectivity index is 2.68. The monoisotopic (exact) mass is 171 g/mol. The summed E-state index contributed by atoms with van der Waals surface area (Å²) < 4.78 is 9.93. The first-order valence-electron chi connectivity index (χ1n) is 3.94. The number of rotatable bonds is 2. The molecule has 4 nitrogen and oxygen atoms in total. The van der Waals surface area contributed by atoms with Crippen molar-refractivity contribution in [1.29, 1.82) is 0 Å². The van der Waals surface area contributed by atoms with Crippen molar-refractivity contribution in [1.82, 2.24) is 0 Å². The smallest absolute Gasteiger partial charge is 0.338 e. The van der Waals surface area contributed by atoms with Crippen LogP contribution in [0.1, 0.15) is 13.8 Å². The zero-order valence-corrected chi connectivity index (χ0v) is 7.29. The molecule has 1 atom stereocenters. The molecular formula is C8H13NO3. The van der Waals surface area contributed by atoms with E-state index in [1.807, 2.05) is 6.92 Å². The molecule has 1 heterocycles. The van der Waals surface area contributed by atoms with Crippen LogP contribution in [-0.4, -0.2) is 25.3 Å². The molecule has 1 rings (SSSR count). The lowest BCUT2D eigenvalue weighted by Gasteiger charge is -2.02. The largest absolute Gasteiger partial charge is 0.463 e. The van der Waals surface area contributed by atoms with Crippen molar-refractivity contribution in [2.24, 2.45) is 5.73 Å². The highest BCUT2D eigenvalue weighted by atomic mass is 16.5. The van der Waals surface area contributed by atoms with Crippen molar-refractivity contribution < 1.29 is 14.3 Å². The SMILES string of the molecule is CCOC(=O)C1=C(N)[C@H](C)OC1. The molecule has 12 heavy (non-hydrogen) atoms. The number of hydrogen-bond acceptors (Lipinski definition) is 4. The third kappa shape index (κ3) is 1.58. The summed E-state index contributed by atoms with van der Waals surface area (Å²) >= 11 is 0. The van der Waals surface area contributed by atoms with Gasteiger partial charge in [0.1, 0.15) is 0 Å². The fourth-order valence-electron chi connectivity index (χ4n) is 1.02. The highest BCUT2D eigenvalue weighted by Crippen LogP contribution is 2.17. The average Bonchev–Trinajstić information content (AvgIpc) is 2.34. The lowest BCUT2D eigenvalue weighted by Crippen LogP contribution is -2.15. The van der Waals surface area contributed by atoms with Gasteiger partial charge in [-0.1, -0.05) is 0 Å². The number of esters is 1. The molecule has 0 amide bonds. The van der Waals surface area contributed by atoms with Gasteiger partial charge in [0.25, 0.3) is 0 Å². The fraction of sp³-hybridized carbons (Fsp3) is 0.625. The van der Waals surface area contributed by atoms with Crippen LogP contribution in [0.2, 0.25) is 0 Å². The third-order valence-corrected chi connectivity index (χ3v) is 1.79. The summed E-state index contributed by atoms with van der Waals surface area (Å²) in [7, 11) is 0. The van der Waals surface area contributed by atoms with Crippen LogP contribution in [0.4, 0.5) is 0 Å². The number of ether oxygens (including phenoxy) is 2. The second-order valence-corrected chi connectivity index (χ2v) is 2.61. The van der Waals surface area contributed by atoms with E-state index in [4.69, 9.17) is 15.2 Å². The minimum Gasteiger partial charge on any atom is -0.463 e. The van der Waals surface area contributed by atoms with Crippen molar-refractivity contribution in [3.63, 3.8) is 0 Å². The van der Waals surface area contributed by atoms with Gasteiger partial charge in [-0.25, -0.2) is 4.79 Å². The minimum atomic E-state index is -0.362. The van der Waals surface area contributed by atoms with Crippen LogP contribution in [0.25, 0.3) is 0 Å². The molecule has 0 aliphatic carbocycles. The molecule has 68 valence electrons. The molecule has 0 unspecified atom stereocenters. The Bertz CT molecular complexity index is 222. The summed E-state index contributed by atoms with van der Waals surface area (Å²) in [5.41, 5.74) is 6.56. The summed E-state index contributed by atoms with van der Waals surface area (Å²) in [5, 5.41) is 0. The molecule has 0 aromatic carbocycles. The standard InChI is InChI=1S/C8H13NO3/c1-3-11-8(10)6-4-12-5(2)7(6)9/h5H,3-4,9H2,1-2H3/t5-/m0/s1. The van der Waals surface area contributed by atoms with Crippen LogP contribution in [0.3, 0.4) is 0 Å². The van der Waals surface area contributed by atoms with Crippen molar-refractivity contribution in [3.05, 3.63) is 11.3 Å². The lowest BCUT2D eigenvalue weighted by molar-refractivity contribution is -0.138. The molecule has 0 radical (unpaired) electrons. The maximum Gasteiger partial charge on any atom is 0.338 e. The van der Waals surface area contributed by atoms with Crippen LogP contribution in [0, 0.1) is 0 Å². The number of nitrogens with two attached hydrogens (primary N) is 1. The van der Waals surface area contributed by atoms with E-state index in [1.54, 1.807) is 6.92 Å². The Morgan fingerprint density at radius 2 is 2.50 bits per heavy atom. The quantitative estimate of drug-likeness (QED) is 0.602. The van der Waals surface area contributed by atoms with Crippen LogP contribution in [0.5, 0.6) is 0 Å². The second-order valence-electron chi connectivity index (χ2n) is 2.61.